The van der Waals surface area contributed by atoms with Crippen LogP contribution in [-0.4, -0.2) is 25.7 Å². The summed E-state index contributed by atoms with van der Waals surface area (Å²) in [7, 11) is -3.26. The van der Waals surface area contributed by atoms with Crippen molar-refractivity contribution in [3.8, 4) is 22.8 Å². The third-order valence-corrected chi connectivity index (χ3v) is 4.96. The van der Waals surface area contributed by atoms with Crippen molar-refractivity contribution in [2.75, 3.05) is 12.9 Å². The Morgan fingerprint density at radius 3 is 2.20 bits per heavy atom. The summed E-state index contributed by atoms with van der Waals surface area (Å²) in [6, 6.07) is 1.45. The van der Waals surface area contributed by atoms with Crippen molar-refractivity contribution in [3.05, 3.63) is 28.6 Å². The monoisotopic (exact) mass is 403 g/mol. The van der Waals surface area contributed by atoms with Gasteiger partial charge in [-0.1, -0.05) is 0 Å². The highest BCUT2D eigenvalue weighted by atomic mass is 32.2. The molecule has 12 heteroatoms. The summed E-state index contributed by atoms with van der Waals surface area (Å²) in [5.74, 6) is -4.69. The van der Waals surface area contributed by atoms with Crippen molar-refractivity contribution in [1.29, 1.82) is 0 Å². The van der Waals surface area contributed by atoms with Gasteiger partial charge in [-0.2, -0.15) is 26.0 Å². The topological polar surface area (TPSA) is 65.5 Å². The zero-order valence-corrected chi connectivity index (χ0v) is 14.3. The fourth-order valence-corrected chi connectivity index (χ4v) is 3.05. The van der Waals surface area contributed by atoms with Gasteiger partial charge in [0.05, 0.1) is 18.4 Å². The number of nitrogens with zero attached hydrogens (tertiary/aromatic N) is 1. The van der Waals surface area contributed by atoms with Crippen LogP contribution in [-0.2, 0) is 16.3 Å². The highest BCUT2D eigenvalue weighted by molar-refractivity contribution is 7.87. The third kappa shape index (κ3) is 4.00. The molecule has 0 aliphatic carbocycles. The van der Waals surface area contributed by atoms with Gasteiger partial charge in [0.15, 0.2) is 10.6 Å². The van der Waals surface area contributed by atoms with Crippen LogP contribution < -0.4 is 8.92 Å². The Labute approximate surface area is 143 Å². The molecule has 0 spiro atoms. The lowest BCUT2D eigenvalue weighted by Gasteiger charge is -2.11. The first-order chi connectivity index (χ1) is 11.5. The molecule has 138 valence electrons. The van der Waals surface area contributed by atoms with Gasteiger partial charge in [-0.25, -0.2) is 8.78 Å². The van der Waals surface area contributed by atoms with E-state index in [1.165, 1.54) is 0 Å². The molecule has 0 amide bonds. The highest BCUT2D eigenvalue weighted by Crippen LogP contribution is 2.46. The Morgan fingerprint density at radius 2 is 1.76 bits per heavy atom. The van der Waals surface area contributed by atoms with E-state index < -0.39 is 55.6 Å². The maximum absolute atomic E-state index is 14.1. The molecule has 2 aromatic rings. The number of ether oxygens (including phenoxy) is 1. The van der Waals surface area contributed by atoms with Gasteiger partial charge in [0.2, 0.25) is 0 Å². The minimum Gasteiger partial charge on any atom is -0.497 e. The second-order valence-electron chi connectivity index (χ2n) is 4.58. The number of aromatic nitrogens is 1. The fraction of sp³-hybridized carbons (Fsp3) is 0.308. The number of alkyl halides is 3. The Morgan fingerprint density at radius 1 is 1.20 bits per heavy atom. The van der Waals surface area contributed by atoms with Gasteiger partial charge in [-0.05, 0) is 18.5 Å². The van der Waals surface area contributed by atoms with Crippen molar-refractivity contribution in [3.63, 3.8) is 0 Å². The first-order valence-corrected chi connectivity index (χ1v) is 8.87. The standard InChI is InChI=1S/C13H10F5NO4S2/c1-3-25(20,21)23-11-10(19-24-12(11)13(16,17)18)9-7(14)4-6(22-2)5-8(9)15/h4-5H,3H2,1-2H3. The summed E-state index contributed by atoms with van der Waals surface area (Å²) in [5, 5.41) is 0. The molecule has 2 rings (SSSR count). The summed E-state index contributed by atoms with van der Waals surface area (Å²) in [6.07, 6.45) is -5.02. The summed E-state index contributed by atoms with van der Waals surface area (Å²) in [5.41, 5.74) is -1.85. The van der Waals surface area contributed by atoms with E-state index in [4.69, 9.17) is 0 Å². The lowest BCUT2D eigenvalue weighted by atomic mass is 10.1. The van der Waals surface area contributed by atoms with E-state index in [0.717, 1.165) is 26.2 Å². The van der Waals surface area contributed by atoms with Gasteiger partial charge in [-0.3, -0.25) is 0 Å². The Bertz CT molecular complexity index is 869. The molecule has 0 radical (unpaired) electrons. The molecule has 1 aromatic carbocycles. The highest BCUT2D eigenvalue weighted by Gasteiger charge is 2.41. The van der Waals surface area contributed by atoms with E-state index in [1.54, 1.807) is 0 Å². The molecular weight excluding hydrogens is 393 g/mol. The molecule has 0 atom stereocenters. The van der Waals surface area contributed by atoms with Crippen molar-refractivity contribution in [2.24, 2.45) is 0 Å². The van der Waals surface area contributed by atoms with E-state index in [0.29, 0.717) is 0 Å². The number of hydrogen-bond acceptors (Lipinski definition) is 6. The number of hydrogen-bond donors (Lipinski definition) is 0. The fourth-order valence-electron chi connectivity index (χ4n) is 1.78. The van der Waals surface area contributed by atoms with Crippen LogP contribution in [0.25, 0.3) is 11.3 Å². The summed E-state index contributed by atoms with van der Waals surface area (Å²) in [6.45, 7) is 1.14. The number of rotatable bonds is 5. The quantitative estimate of drug-likeness (QED) is 0.561. The minimum atomic E-state index is -5.02. The average molecular weight is 403 g/mol. The molecule has 1 aromatic heterocycles. The Kier molecular flexibility index (Phi) is 5.23. The predicted octanol–water partition coefficient (Wildman–Crippen LogP) is 3.84. The molecule has 25 heavy (non-hydrogen) atoms. The zero-order valence-electron chi connectivity index (χ0n) is 12.6. The molecule has 1 heterocycles. The smallest absolute Gasteiger partial charge is 0.430 e. The van der Waals surface area contributed by atoms with Crippen LogP contribution in [0.4, 0.5) is 22.0 Å². The van der Waals surface area contributed by atoms with E-state index in [1.807, 2.05) is 0 Å². The molecule has 0 N–H and O–H groups in total. The number of methoxy groups -OCH3 is 1. The van der Waals surface area contributed by atoms with Gasteiger partial charge in [0.25, 0.3) is 0 Å². The van der Waals surface area contributed by atoms with Crippen LogP contribution in [0.5, 0.6) is 11.5 Å². The van der Waals surface area contributed by atoms with E-state index >= 15 is 0 Å². The molecule has 0 aliphatic heterocycles. The van der Waals surface area contributed by atoms with Crippen molar-refractivity contribution >= 4 is 21.7 Å². The molecule has 0 aliphatic rings. The van der Waals surface area contributed by atoms with Gasteiger partial charge < -0.3 is 8.92 Å². The molecule has 0 unspecified atom stereocenters. The maximum atomic E-state index is 14.1. The maximum Gasteiger partial charge on any atom is 0.430 e. The minimum absolute atomic E-state index is 0.173. The molecule has 5 nitrogen and oxygen atoms in total. The Hall–Kier alpha value is -1.95. The van der Waals surface area contributed by atoms with E-state index in [2.05, 4.69) is 13.3 Å². The van der Waals surface area contributed by atoms with Crippen LogP contribution in [0.1, 0.15) is 11.8 Å². The molecule has 0 fully saturated rings. The first kappa shape index (κ1) is 19.4. The number of benzene rings is 1. The summed E-state index contributed by atoms with van der Waals surface area (Å²) < 4.78 is 103. The van der Waals surface area contributed by atoms with Crippen molar-refractivity contribution in [2.45, 2.75) is 13.1 Å². The van der Waals surface area contributed by atoms with Crippen LogP contribution >= 0.6 is 11.5 Å². The second kappa shape index (κ2) is 6.75. The van der Waals surface area contributed by atoms with Crippen molar-refractivity contribution in [1.82, 2.24) is 4.37 Å². The zero-order chi connectivity index (χ0) is 19.0. The van der Waals surface area contributed by atoms with Crippen LogP contribution in [0.3, 0.4) is 0 Å². The number of halogens is 5. The molecule has 0 bridgehead atoms. The van der Waals surface area contributed by atoms with E-state index in [-0.39, 0.29) is 17.3 Å². The Balaban J connectivity index is 2.73. The SMILES string of the molecule is CCS(=O)(=O)Oc1c(-c2c(F)cc(OC)cc2F)nsc1C(F)(F)F. The summed E-state index contributed by atoms with van der Waals surface area (Å²) >= 11 is -0.173. The first-order valence-electron chi connectivity index (χ1n) is 6.52. The van der Waals surface area contributed by atoms with Gasteiger partial charge in [-0.15, -0.1) is 0 Å². The van der Waals surface area contributed by atoms with E-state index in [9.17, 15) is 30.4 Å². The molecule has 0 saturated heterocycles. The van der Waals surface area contributed by atoms with Gasteiger partial charge in [0.1, 0.15) is 23.1 Å². The van der Waals surface area contributed by atoms with Crippen LogP contribution in [0, 0.1) is 11.6 Å². The van der Waals surface area contributed by atoms with Crippen LogP contribution in [0.15, 0.2) is 12.1 Å². The lowest BCUT2D eigenvalue weighted by molar-refractivity contribution is -0.135. The van der Waals surface area contributed by atoms with Crippen LogP contribution in [0.2, 0.25) is 0 Å². The normalized spacial score (nSPS) is 12.3. The second-order valence-corrected chi connectivity index (χ2v) is 7.22. The predicted molar refractivity (Wildman–Crippen MR) is 79.1 cm³/mol. The van der Waals surface area contributed by atoms with Gasteiger partial charge >= 0.3 is 16.3 Å². The van der Waals surface area contributed by atoms with Crippen molar-refractivity contribution < 1.29 is 39.3 Å². The average Bonchev–Trinajstić information content (AvgIpc) is 2.89. The lowest BCUT2D eigenvalue weighted by Crippen LogP contribution is -2.14. The molecular formula is C13H10F5NO4S2. The van der Waals surface area contributed by atoms with Gasteiger partial charge in [0, 0.05) is 12.1 Å². The third-order valence-electron chi connectivity index (χ3n) is 2.96. The molecule has 0 saturated carbocycles. The summed E-state index contributed by atoms with van der Waals surface area (Å²) in [4.78, 5) is -1.52. The largest absolute Gasteiger partial charge is 0.497 e.